The van der Waals surface area contributed by atoms with Crippen LogP contribution in [0.25, 0.3) is 0 Å². The Kier molecular flexibility index (Phi) is 6.19. The molecule has 1 aromatic heterocycles. The predicted octanol–water partition coefficient (Wildman–Crippen LogP) is 3.35. The van der Waals surface area contributed by atoms with E-state index in [1.165, 1.54) is 11.1 Å². The van der Waals surface area contributed by atoms with Crippen molar-refractivity contribution in [2.45, 2.75) is 45.6 Å². The van der Waals surface area contributed by atoms with Crippen molar-refractivity contribution in [3.63, 3.8) is 0 Å². The zero-order valence-corrected chi connectivity index (χ0v) is 17.5. The normalized spacial score (nSPS) is 20.7. The number of ether oxygens (including phenoxy) is 1. The number of piperidine rings is 2. The van der Waals surface area contributed by atoms with Gasteiger partial charge in [-0.15, -0.1) is 0 Å². The molecule has 2 fully saturated rings. The van der Waals surface area contributed by atoms with Gasteiger partial charge in [-0.1, -0.05) is 12.1 Å². The van der Waals surface area contributed by atoms with Crippen LogP contribution in [0.4, 0.5) is 11.6 Å². The van der Waals surface area contributed by atoms with Gasteiger partial charge in [-0.2, -0.15) is 0 Å². The highest BCUT2D eigenvalue weighted by molar-refractivity contribution is 5.50. The van der Waals surface area contributed by atoms with E-state index in [0.717, 1.165) is 69.2 Å². The van der Waals surface area contributed by atoms with E-state index in [0.29, 0.717) is 5.92 Å². The van der Waals surface area contributed by atoms with Crippen LogP contribution in [0, 0.1) is 19.8 Å². The van der Waals surface area contributed by atoms with Gasteiger partial charge >= 0.3 is 0 Å². The van der Waals surface area contributed by atoms with E-state index in [4.69, 9.17) is 4.74 Å². The average Bonchev–Trinajstić information content (AvgIpc) is 2.77. The number of aromatic nitrogens is 2. The van der Waals surface area contributed by atoms with Gasteiger partial charge in [-0.25, -0.2) is 9.97 Å². The van der Waals surface area contributed by atoms with Crippen molar-refractivity contribution in [1.82, 2.24) is 9.97 Å². The molecule has 6 nitrogen and oxygen atoms in total. The number of benzene rings is 1. The summed E-state index contributed by atoms with van der Waals surface area (Å²) in [6.45, 7) is 8.21. The number of hydrogen-bond donors (Lipinski definition) is 1. The summed E-state index contributed by atoms with van der Waals surface area (Å²) in [7, 11) is 0. The monoisotopic (exact) mass is 396 g/mol. The number of nitrogens with zero attached hydrogens (tertiary/aromatic N) is 4. The minimum atomic E-state index is 0.250. The van der Waals surface area contributed by atoms with Gasteiger partial charge in [0.15, 0.2) is 0 Å². The fourth-order valence-corrected chi connectivity index (χ4v) is 4.32. The molecule has 0 radical (unpaired) electrons. The van der Waals surface area contributed by atoms with Gasteiger partial charge in [-0.05, 0) is 49.8 Å². The van der Waals surface area contributed by atoms with Crippen molar-refractivity contribution in [3.05, 3.63) is 41.7 Å². The topological polar surface area (TPSA) is 61.7 Å². The van der Waals surface area contributed by atoms with Crippen LogP contribution in [0.3, 0.4) is 0 Å². The summed E-state index contributed by atoms with van der Waals surface area (Å²) < 4.78 is 6.30. The SMILES string of the molecule is Cc1ccc(C)c(OC2CCN(c3cc(N4CCCC(CO)C4)ncn3)CC2)c1. The predicted molar refractivity (Wildman–Crippen MR) is 116 cm³/mol. The number of aliphatic hydroxyl groups excluding tert-OH is 1. The lowest BCUT2D eigenvalue weighted by molar-refractivity contribution is 0.169. The first-order chi connectivity index (χ1) is 14.1. The number of aliphatic hydroxyl groups is 1. The zero-order valence-electron chi connectivity index (χ0n) is 17.5. The number of anilines is 2. The van der Waals surface area contributed by atoms with Crippen LogP contribution in [0.5, 0.6) is 5.75 Å². The molecule has 0 aliphatic carbocycles. The summed E-state index contributed by atoms with van der Waals surface area (Å²) in [6, 6.07) is 8.50. The van der Waals surface area contributed by atoms with Crippen molar-refractivity contribution >= 4 is 11.6 Å². The third-order valence-corrected chi connectivity index (χ3v) is 6.14. The Morgan fingerprint density at radius 2 is 1.76 bits per heavy atom. The first kappa shape index (κ1) is 20.0. The van der Waals surface area contributed by atoms with E-state index in [1.807, 2.05) is 0 Å². The number of aryl methyl sites for hydroxylation is 2. The Labute approximate surface area is 173 Å². The maximum absolute atomic E-state index is 9.50. The van der Waals surface area contributed by atoms with Gasteiger partial charge in [0, 0.05) is 51.7 Å². The molecule has 2 aliphatic heterocycles. The van der Waals surface area contributed by atoms with Crippen molar-refractivity contribution < 1.29 is 9.84 Å². The lowest BCUT2D eigenvalue weighted by atomic mass is 9.99. The van der Waals surface area contributed by atoms with E-state index in [-0.39, 0.29) is 12.7 Å². The Bertz CT molecular complexity index is 820. The Hall–Kier alpha value is -2.34. The Morgan fingerprint density at radius 3 is 2.52 bits per heavy atom. The highest BCUT2D eigenvalue weighted by atomic mass is 16.5. The van der Waals surface area contributed by atoms with Crippen LogP contribution < -0.4 is 14.5 Å². The van der Waals surface area contributed by atoms with Crippen LogP contribution in [-0.2, 0) is 0 Å². The first-order valence-corrected chi connectivity index (χ1v) is 10.8. The van der Waals surface area contributed by atoms with Gasteiger partial charge in [-0.3, -0.25) is 0 Å². The van der Waals surface area contributed by atoms with E-state index in [1.54, 1.807) is 6.33 Å². The van der Waals surface area contributed by atoms with Crippen LogP contribution in [0.1, 0.15) is 36.8 Å². The van der Waals surface area contributed by atoms with Crippen LogP contribution >= 0.6 is 0 Å². The maximum atomic E-state index is 9.50. The Morgan fingerprint density at radius 1 is 1.00 bits per heavy atom. The van der Waals surface area contributed by atoms with Crippen LogP contribution in [0.15, 0.2) is 30.6 Å². The van der Waals surface area contributed by atoms with E-state index < -0.39 is 0 Å². The zero-order chi connectivity index (χ0) is 20.2. The van der Waals surface area contributed by atoms with Crippen molar-refractivity contribution in [1.29, 1.82) is 0 Å². The van der Waals surface area contributed by atoms with Gasteiger partial charge in [0.05, 0.1) is 0 Å². The van der Waals surface area contributed by atoms with Crippen molar-refractivity contribution in [2.75, 3.05) is 42.6 Å². The maximum Gasteiger partial charge on any atom is 0.134 e. The average molecular weight is 397 g/mol. The third kappa shape index (κ3) is 4.81. The van der Waals surface area contributed by atoms with Gasteiger partial charge < -0.3 is 19.6 Å². The Balaban J connectivity index is 1.37. The second kappa shape index (κ2) is 8.99. The molecule has 2 saturated heterocycles. The highest BCUT2D eigenvalue weighted by Crippen LogP contribution is 2.27. The molecule has 1 aromatic carbocycles. The quantitative estimate of drug-likeness (QED) is 0.836. The van der Waals surface area contributed by atoms with Crippen LogP contribution in [0.2, 0.25) is 0 Å². The molecule has 1 unspecified atom stereocenters. The lowest BCUT2D eigenvalue weighted by Gasteiger charge is -2.35. The minimum absolute atomic E-state index is 0.250. The molecule has 156 valence electrons. The number of rotatable bonds is 5. The summed E-state index contributed by atoms with van der Waals surface area (Å²) in [5, 5.41) is 9.50. The molecule has 29 heavy (non-hydrogen) atoms. The van der Waals surface area contributed by atoms with Crippen molar-refractivity contribution in [2.24, 2.45) is 5.92 Å². The fraction of sp³-hybridized carbons (Fsp3) is 0.565. The van der Waals surface area contributed by atoms with E-state index in [2.05, 4.69) is 57.9 Å². The summed E-state index contributed by atoms with van der Waals surface area (Å²) in [6.07, 6.45) is 6.10. The molecular weight excluding hydrogens is 364 g/mol. The molecule has 0 bridgehead atoms. The molecule has 0 spiro atoms. The van der Waals surface area contributed by atoms with Crippen molar-refractivity contribution in [3.8, 4) is 5.75 Å². The molecule has 1 N–H and O–H groups in total. The molecule has 3 heterocycles. The standard InChI is InChI=1S/C23H32N4O2/c1-17-5-6-18(2)21(12-17)29-20-7-10-26(11-8-20)22-13-23(25-16-24-22)27-9-3-4-19(14-27)15-28/h5-6,12-13,16,19-20,28H,3-4,7-11,14-15H2,1-2H3. The first-order valence-electron chi connectivity index (χ1n) is 10.8. The molecule has 0 saturated carbocycles. The van der Waals surface area contributed by atoms with Gasteiger partial charge in [0.25, 0.3) is 0 Å². The molecule has 2 aliphatic rings. The number of hydrogen-bond acceptors (Lipinski definition) is 6. The molecule has 6 heteroatoms. The summed E-state index contributed by atoms with van der Waals surface area (Å²) >= 11 is 0. The van der Waals surface area contributed by atoms with E-state index >= 15 is 0 Å². The van der Waals surface area contributed by atoms with Gasteiger partial charge in [0.2, 0.25) is 0 Å². The smallest absolute Gasteiger partial charge is 0.134 e. The minimum Gasteiger partial charge on any atom is -0.490 e. The molecule has 1 atom stereocenters. The second-order valence-electron chi connectivity index (χ2n) is 8.44. The highest BCUT2D eigenvalue weighted by Gasteiger charge is 2.24. The summed E-state index contributed by atoms with van der Waals surface area (Å²) in [5.41, 5.74) is 2.43. The molecular formula is C23H32N4O2. The lowest BCUT2D eigenvalue weighted by Crippen LogP contribution is -2.39. The molecule has 2 aromatic rings. The fourth-order valence-electron chi connectivity index (χ4n) is 4.32. The summed E-state index contributed by atoms with van der Waals surface area (Å²) in [5.74, 6) is 3.32. The van der Waals surface area contributed by atoms with Crippen LogP contribution in [-0.4, -0.2) is 54.0 Å². The summed E-state index contributed by atoms with van der Waals surface area (Å²) in [4.78, 5) is 13.6. The third-order valence-electron chi connectivity index (χ3n) is 6.14. The second-order valence-corrected chi connectivity index (χ2v) is 8.44. The largest absolute Gasteiger partial charge is 0.490 e. The van der Waals surface area contributed by atoms with Gasteiger partial charge in [0.1, 0.15) is 29.8 Å². The van der Waals surface area contributed by atoms with E-state index in [9.17, 15) is 5.11 Å². The molecule has 0 amide bonds. The molecule has 4 rings (SSSR count).